The van der Waals surface area contributed by atoms with Crippen LogP contribution in [-0.4, -0.2) is 44.0 Å². The first-order chi connectivity index (χ1) is 13.9. The fourth-order valence-electron chi connectivity index (χ4n) is 3.02. The van der Waals surface area contributed by atoms with E-state index < -0.39 is 10.0 Å². The highest BCUT2D eigenvalue weighted by Crippen LogP contribution is 2.25. The Labute approximate surface area is 185 Å². The van der Waals surface area contributed by atoms with Gasteiger partial charge in [-0.3, -0.25) is 4.79 Å². The standard InChI is InChI=1S/C20H22Cl2N2O3S2/c21-16-5-3-15(4-6-16)14-28-12-9-23-20(25)18-13-17(7-8-19(18)22)29(26,27)24-10-1-2-11-24/h3-8,13H,1-2,9-12,14H2,(H,23,25). The number of nitrogens with zero attached hydrogens (tertiary/aromatic N) is 1. The molecule has 0 aromatic heterocycles. The van der Waals surface area contributed by atoms with Gasteiger partial charge in [0, 0.05) is 36.2 Å². The van der Waals surface area contributed by atoms with Gasteiger partial charge in [0.15, 0.2) is 0 Å². The van der Waals surface area contributed by atoms with E-state index in [9.17, 15) is 13.2 Å². The summed E-state index contributed by atoms with van der Waals surface area (Å²) in [5.74, 6) is 1.16. The van der Waals surface area contributed by atoms with Crippen LogP contribution in [0, 0.1) is 0 Å². The predicted octanol–water partition coefficient (Wildman–Crippen LogP) is 4.44. The van der Waals surface area contributed by atoms with Crippen molar-refractivity contribution in [3.63, 3.8) is 0 Å². The normalized spacial score (nSPS) is 14.8. The molecule has 0 saturated carbocycles. The number of thioether (sulfide) groups is 1. The molecule has 1 amide bonds. The van der Waals surface area contributed by atoms with Crippen molar-refractivity contribution in [3.8, 4) is 0 Å². The van der Waals surface area contributed by atoms with Crippen molar-refractivity contribution in [2.45, 2.75) is 23.5 Å². The number of rotatable bonds is 8. The van der Waals surface area contributed by atoms with Crippen LogP contribution in [-0.2, 0) is 15.8 Å². The van der Waals surface area contributed by atoms with Crippen molar-refractivity contribution in [1.82, 2.24) is 9.62 Å². The predicted molar refractivity (Wildman–Crippen MR) is 119 cm³/mol. The zero-order chi connectivity index (χ0) is 20.9. The van der Waals surface area contributed by atoms with Gasteiger partial charge in [0.2, 0.25) is 10.0 Å². The summed E-state index contributed by atoms with van der Waals surface area (Å²) in [6.07, 6.45) is 1.71. The fraction of sp³-hybridized carbons (Fsp3) is 0.350. The van der Waals surface area contributed by atoms with E-state index in [0.717, 1.165) is 29.9 Å². The van der Waals surface area contributed by atoms with Crippen molar-refractivity contribution < 1.29 is 13.2 Å². The first-order valence-corrected chi connectivity index (χ1v) is 12.6. The van der Waals surface area contributed by atoms with Gasteiger partial charge in [0.25, 0.3) is 5.91 Å². The molecule has 3 rings (SSSR count). The van der Waals surface area contributed by atoms with Crippen molar-refractivity contribution in [2.75, 3.05) is 25.4 Å². The minimum atomic E-state index is -3.59. The summed E-state index contributed by atoms with van der Waals surface area (Å²) in [7, 11) is -3.59. The number of hydrogen-bond acceptors (Lipinski definition) is 4. The summed E-state index contributed by atoms with van der Waals surface area (Å²) >= 11 is 13.7. The first-order valence-electron chi connectivity index (χ1n) is 9.28. The van der Waals surface area contributed by atoms with Crippen LogP contribution < -0.4 is 5.32 Å². The van der Waals surface area contributed by atoms with Crippen LogP contribution in [0.3, 0.4) is 0 Å². The lowest BCUT2D eigenvalue weighted by Crippen LogP contribution is -2.29. The molecule has 0 aliphatic carbocycles. The summed E-state index contributed by atoms with van der Waals surface area (Å²) in [4.78, 5) is 12.6. The Balaban J connectivity index is 1.55. The van der Waals surface area contributed by atoms with E-state index in [4.69, 9.17) is 23.2 Å². The van der Waals surface area contributed by atoms with Crippen molar-refractivity contribution >= 4 is 50.9 Å². The molecular weight excluding hydrogens is 451 g/mol. The van der Waals surface area contributed by atoms with E-state index in [1.54, 1.807) is 11.8 Å². The van der Waals surface area contributed by atoms with E-state index in [0.29, 0.717) is 24.7 Å². The van der Waals surface area contributed by atoms with E-state index >= 15 is 0 Å². The van der Waals surface area contributed by atoms with E-state index in [2.05, 4.69) is 5.32 Å². The Morgan fingerprint density at radius 2 is 1.76 bits per heavy atom. The zero-order valence-corrected chi connectivity index (χ0v) is 18.9. The second-order valence-electron chi connectivity index (χ2n) is 6.69. The highest BCUT2D eigenvalue weighted by Gasteiger charge is 2.28. The molecule has 29 heavy (non-hydrogen) atoms. The third-order valence-corrected chi connectivity index (χ3v) is 8.11. The van der Waals surface area contributed by atoms with Gasteiger partial charge in [-0.05, 0) is 48.7 Å². The maximum absolute atomic E-state index is 12.7. The van der Waals surface area contributed by atoms with Gasteiger partial charge in [0.1, 0.15) is 0 Å². The lowest BCUT2D eigenvalue weighted by molar-refractivity contribution is 0.0956. The van der Waals surface area contributed by atoms with Crippen LogP contribution in [0.2, 0.25) is 10.0 Å². The Morgan fingerprint density at radius 3 is 2.45 bits per heavy atom. The molecule has 1 aliphatic rings. The Bertz CT molecular complexity index is 960. The number of hydrogen-bond donors (Lipinski definition) is 1. The number of nitrogens with one attached hydrogen (secondary N) is 1. The van der Waals surface area contributed by atoms with Gasteiger partial charge in [-0.25, -0.2) is 8.42 Å². The second-order valence-corrected chi connectivity index (χ2v) is 10.6. The molecule has 2 aromatic rings. The minimum Gasteiger partial charge on any atom is -0.351 e. The Kier molecular flexibility index (Phi) is 7.87. The maximum Gasteiger partial charge on any atom is 0.252 e. The summed E-state index contributed by atoms with van der Waals surface area (Å²) in [6.45, 7) is 1.48. The Morgan fingerprint density at radius 1 is 1.07 bits per heavy atom. The Hall–Kier alpha value is -1.25. The molecule has 9 heteroatoms. The zero-order valence-electron chi connectivity index (χ0n) is 15.7. The molecule has 5 nitrogen and oxygen atoms in total. The van der Waals surface area contributed by atoms with Crippen LogP contribution >= 0.6 is 35.0 Å². The molecule has 2 aromatic carbocycles. The van der Waals surface area contributed by atoms with Crippen LogP contribution in [0.1, 0.15) is 28.8 Å². The molecule has 0 spiro atoms. The van der Waals surface area contributed by atoms with Gasteiger partial charge in [0.05, 0.1) is 15.5 Å². The van der Waals surface area contributed by atoms with Gasteiger partial charge in [-0.2, -0.15) is 16.1 Å². The summed E-state index contributed by atoms with van der Waals surface area (Å²) in [6, 6.07) is 11.9. The molecule has 1 saturated heterocycles. The fourth-order valence-corrected chi connectivity index (χ4v) is 5.71. The maximum atomic E-state index is 12.7. The molecule has 1 fully saturated rings. The van der Waals surface area contributed by atoms with Crippen molar-refractivity contribution in [2.24, 2.45) is 0 Å². The van der Waals surface area contributed by atoms with E-state index in [1.807, 2.05) is 24.3 Å². The number of benzene rings is 2. The second kappa shape index (κ2) is 10.2. The van der Waals surface area contributed by atoms with Gasteiger partial charge in [-0.15, -0.1) is 0 Å². The molecule has 1 heterocycles. The van der Waals surface area contributed by atoms with E-state index in [1.165, 1.54) is 22.5 Å². The smallest absolute Gasteiger partial charge is 0.252 e. The van der Waals surface area contributed by atoms with Crippen LogP contribution in [0.25, 0.3) is 0 Å². The van der Waals surface area contributed by atoms with Crippen molar-refractivity contribution in [1.29, 1.82) is 0 Å². The largest absolute Gasteiger partial charge is 0.351 e. The molecule has 156 valence electrons. The van der Waals surface area contributed by atoms with Crippen LogP contribution in [0.15, 0.2) is 47.4 Å². The van der Waals surface area contributed by atoms with Gasteiger partial charge in [-0.1, -0.05) is 35.3 Å². The van der Waals surface area contributed by atoms with E-state index in [-0.39, 0.29) is 21.4 Å². The molecule has 1 N–H and O–H groups in total. The molecular formula is C20H22Cl2N2O3S2. The molecule has 1 aliphatic heterocycles. The number of sulfonamides is 1. The first kappa shape index (κ1) is 22.4. The number of halogens is 2. The molecule has 0 radical (unpaired) electrons. The van der Waals surface area contributed by atoms with Crippen molar-refractivity contribution in [3.05, 3.63) is 63.6 Å². The third kappa shape index (κ3) is 5.89. The topological polar surface area (TPSA) is 66.5 Å². The minimum absolute atomic E-state index is 0.103. The number of carbonyl (C=O) groups excluding carboxylic acids is 1. The van der Waals surface area contributed by atoms with Gasteiger partial charge < -0.3 is 5.32 Å². The number of carbonyl (C=O) groups is 1. The van der Waals surface area contributed by atoms with Gasteiger partial charge >= 0.3 is 0 Å². The quantitative estimate of drug-likeness (QED) is 0.576. The summed E-state index contributed by atoms with van der Waals surface area (Å²) in [5.41, 5.74) is 1.34. The average Bonchev–Trinajstić information content (AvgIpc) is 3.25. The summed E-state index contributed by atoms with van der Waals surface area (Å²) in [5, 5.41) is 3.75. The molecule has 0 atom stereocenters. The summed E-state index contributed by atoms with van der Waals surface area (Å²) < 4.78 is 26.9. The number of amides is 1. The molecule has 0 unspecified atom stereocenters. The van der Waals surface area contributed by atoms with Crippen LogP contribution in [0.5, 0.6) is 0 Å². The highest BCUT2D eigenvalue weighted by molar-refractivity contribution is 7.98. The lowest BCUT2D eigenvalue weighted by Gasteiger charge is -2.16. The lowest BCUT2D eigenvalue weighted by atomic mass is 10.2. The SMILES string of the molecule is O=C(NCCSCc1ccc(Cl)cc1)c1cc(S(=O)(=O)N2CCCC2)ccc1Cl. The van der Waals surface area contributed by atoms with Crippen LogP contribution in [0.4, 0.5) is 0 Å². The average molecular weight is 473 g/mol. The highest BCUT2D eigenvalue weighted by atomic mass is 35.5. The molecule has 0 bridgehead atoms. The third-order valence-electron chi connectivity index (χ3n) is 4.60. The monoisotopic (exact) mass is 472 g/mol.